The summed E-state index contributed by atoms with van der Waals surface area (Å²) in [5.41, 5.74) is 0. The third kappa shape index (κ3) is 3.25. The van der Waals surface area contributed by atoms with Crippen LogP contribution in [0.25, 0.3) is 0 Å². The highest BCUT2D eigenvalue weighted by Crippen LogP contribution is 2.16. The van der Waals surface area contributed by atoms with Crippen LogP contribution in [-0.2, 0) is 0 Å². The molecule has 2 heteroatoms. The first-order valence-electron chi connectivity index (χ1n) is 6.09. The van der Waals surface area contributed by atoms with Crippen LogP contribution >= 0.6 is 0 Å². The molecule has 0 N–H and O–H groups in total. The summed E-state index contributed by atoms with van der Waals surface area (Å²) in [7, 11) is 2.28. The van der Waals surface area contributed by atoms with Crippen molar-refractivity contribution >= 4 is 0 Å². The first-order valence-corrected chi connectivity index (χ1v) is 6.09. The van der Waals surface area contributed by atoms with E-state index in [-0.39, 0.29) is 0 Å². The molecule has 0 bridgehead atoms. The van der Waals surface area contributed by atoms with Crippen molar-refractivity contribution in [2.24, 2.45) is 0 Å². The molecule has 1 unspecified atom stereocenters. The summed E-state index contributed by atoms with van der Waals surface area (Å²) >= 11 is 0. The predicted molar refractivity (Wildman–Crippen MR) is 62.7 cm³/mol. The van der Waals surface area contributed by atoms with E-state index in [9.17, 15) is 0 Å². The Morgan fingerprint density at radius 3 is 2.64 bits per heavy atom. The molecule has 0 spiro atoms. The van der Waals surface area contributed by atoms with Crippen molar-refractivity contribution in [3.63, 3.8) is 0 Å². The van der Waals surface area contributed by atoms with Crippen molar-refractivity contribution in [1.82, 2.24) is 9.80 Å². The summed E-state index contributed by atoms with van der Waals surface area (Å²) < 4.78 is 0. The topological polar surface area (TPSA) is 6.48 Å². The number of likely N-dealkylation sites (N-methyl/N-ethyl adjacent to an activating group) is 1. The number of hydrogen-bond acceptors (Lipinski definition) is 2. The zero-order valence-electron chi connectivity index (χ0n) is 10.3. The molecule has 0 saturated carbocycles. The van der Waals surface area contributed by atoms with Gasteiger partial charge in [-0.05, 0) is 40.3 Å². The number of rotatable bonds is 5. The largest absolute Gasteiger partial charge is 0.302 e. The maximum Gasteiger partial charge on any atom is 0.0232 e. The average Bonchev–Trinajstić information content (AvgIpc) is 2.62. The summed E-state index contributed by atoms with van der Waals surface area (Å²) in [5, 5.41) is 0. The van der Waals surface area contributed by atoms with Crippen LogP contribution in [0.1, 0.15) is 40.0 Å². The number of likely N-dealkylation sites (tertiary alicyclic amines) is 1. The molecule has 1 fully saturated rings. The van der Waals surface area contributed by atoms with Crippen LogP contribution in [0.2, 0.25) is 0 Å². The third-order valence-corrected chi connectivity index (χ3v) is 3.41. The second kappa shape index (κ2) is 5.72. The normalized spacial score (nSPS) is 24.0. The van der Waals surface area contributed by atoms with E-state index in [2.05, 4.69) is 37.6 Å². The zero-order valence-corrected chi connectivity index (χ0v) is 10.3. The van der Waals surface area contributed by atoms with Crippen molar-refractivity contribution in [2.75, 3.05) is 26.7 Å². The van der Waals surface area contributed by atoms with Crippen LogP contribution in [0.3, 0.4) is 0 Å². The summed E-state index contributed by atoms with van der Waals surface area (Å²) in [6, 6.07) is 1.53. The lowest BCUT2D eigenvalue weighted by Gasteiger charge is -2.25. The lowest BCUT2D eigenvalue weighted by atomic mass is 10.2. The van der Waals surface area contributed by atoms with Crippen molar-refractivity contribution in [2.45, 2.75) is 52.1 Å². The second-order valence-corrected chi connectivity index (χ2v) is 4.87. The lowest BCUT2D eigenvalue weighted by molar-refractivity contribution is 0.212. The molecule has 84 valence electrons. The van der Waals surface area contributed by atoms with E-state index in [0.29, 0.717) is 0 Å². The van der Waals surface area contributed by atoms with Crippen molar-refractivity contribution in [1.29, 1.82) is 0 Å². The van der Waals surface area contributed by atoms with Gasteiger partial charge in [0.15, 0.2) is 0 Å². The Kier molecular flexibility index (Phi) is 4.90. The van der Waals surface area contributed by atoms with Gasteiger partial charge in [0, 0.05) is 25.2 Å². The summed E-state index contributed by atoms with van der Waals surface area (Å²) in [6.45, 7) is 10.7. The lowest BCUT2D eigenvalue weighted by Crippen LogP contribution is -2.36. The highest BCUT2D eigenvalue weighted by molar-refractivity contribution is 4.83. The minimum atomic E-state index is 0.722. The van der Waals surface area contributed by atoms with Gasteiger partial charge < -0.3 is 4.90 Å². The fourth-order valence-corrected chi connectivity index (χ4v) is 2.19. The molecule has 1 saturated heterocycles. The average molecular weight is 198 g/mol. The molecule has 0 aromatic carbocycles. The standard InChI is InChI=1S/C12H26N2/c1-5-6-8-13(4)12-7-9-14(10-12)11(2)3/h11-12H,5-10H2,1-4H3. The molecule has 1 aliphatic heterocycles. The van der Waals surface area contributed by atoms with Crippen LogP contribution in [0.4, 0.5) is 0 Å². The summed E-state index contributed by atoms with van der Waals surface area (Å²) in [4.78, 5) is 5.14. The first-order chi connectivity index (χ1) is 6.65. The highest BCUT2D eigenvalue weighted by Gasteiger charge is 2.26. The number of nitrogens with zero attached hydrogens (tertiary/aromatic N) is 2. The van der Waals surface area contributed by atoms with Crippen LogP contribution < -0.4 is 0 Å². The Morgan fingerprint density at radius 1 is 1.43 bits per heavy atom. The first kappa shape index (κ1) is 12.0. The van der Waals surface area contributed by atoms with Gasteiger partial charge in [-0.1, -0.05) is 13.3 Å². The fourth-order valence-electron chi connectivity index (χ4n) is 2.19. The molecule has 14 heavy (non-hydrogen) atoms. The second-order valence-electron chi connectivity index (χ2n) is 4.87. The zero-order chi connectivity index (χ0) is 10.6. The van der Waals surface area contributed by atoms with Crippen LogP contribution in [0, 0.1) is 0 Å². The quantitative estimate of drug-likeness (QED) is 0.668. The summed E-state index contributed by atoms with van der Waals surface area (Å²) in [6.07, 6.45) is 4.01. The molecule has 1 atom stereocenters. The Morgan fingerprint density at radius 2 is 2.14 bits per heavy atom. The van der Waals surface area contributed by atoms with Crippen LogP contribution in [0.5, 0.6) is 0 Å². The summed E-state index contributed by atoms with van der Waals surface area (Å²) in [5.74, 6) is 0. The van der Waals surface area contributed by atoms with Gasteiger partial charge in [-0.25, -0.2) is 0 Å². The van der Waals surface area contributed by atoms with Crippen LogP contribution in [-0.4, -0.2) is 48.6 Å². The maximum atomic E-state index is 2.59. The van der Waals surface area contributed by atoms with Gasteiger partial charge in [0.2, 0.25) is 0 Å². The molecule has 0 amide bonds. The Balaban J connectivity index is 2.26. The third-order valence-electron chi connectivity index (χ3n) is 3.41. The van der Waals surface area contributed by atoms with E-state index in [4.69, 9.17) is 0 Å². The van der Waals surface area contributed by atoms with E-state index >= 15 is 0 Å². The SMILES string of the molecule is CCCCN(C)C1CCN(C(C)C)C1. The molecule has 0 aromatic rings. The van der Waals surface area contributed by atoms with Gasteiger partial charge in [-0.2, -0.15) is 0 Å². The van der Waals surface area contributed by atoms with Gasteiger partial charge in [0.05, 0.1) is 0 Å². The van der Waals surface area contributed by atoms with Crippen LogP contribution in [0.15, 0.2) is 0 Å². The van der Waals surface area contributed by atoms with Gasteiger partial charge >= 0.3 is 0 Å². The van der Waals surface area contributed by atoms with E-state index in [0.717, 1.165) is 12.1 Å². The molecule has 1 rings (SSSR count). The fraction of sp³-hybridized carbons (Fsp3) is 1.00. The van der Waals surface area contributed by atoms with E-state index in [1.165, 1.54) is 38.9 Å². The molecule has 1 aliphatic rings. The van der Waals surface area contributed by atoms with E-state index in [1.807, 2.05) is 0 Å². The molecule has 0 radical (unpaired) electrons. The van der Waals surface area contributed by atoms with Gasteiger partial charge in [0.25, 0.3) is 0 Å². The number of unbranched alkanes of at least 4 members (excludes halogenated alkanes) is 1. The molecule has 2 nitrogen and oxygen atoms in total. The van der Waals surface area contributed by atoms with Gasteiger partial charge in [0.1, 0.15) is 0 Å². The smallest absolute Gasteiger partial charge is 0.0232 e. The van der Waals surface area contributed by atoms with Crippen molar-refractivity contribution in [3.8, 4) is 0 Å². The highest BCUT2D eigenvalue weighted by atomic mass is 15.2. The predicted octanol–water partition coefficient (Wildman–Crippen LogP) is 2.20. The van der Waals surface area contributed by atoms with Crippen molar-refractivity contribution in [3.05, 3.63) is 0 Å². The molecule has 0 aromatic heterocycles. The Hall–Kier alpha value is -0.0800. The van der Waals surface area contributed by atoms with E-state index < -0.39 is 0 Å². The molecular formula is C12H26N2. The monoisotopic (exact) mass is 198 g/mol. The molecule has 0 aliphatic carbocycles. The number of hydrogen-bond donors (Lipinski definition) is 0. The minimum absolute atomic E-state index is 0.722. The Bertz CT molecular complexity index is 156. The van der Waals surface area contributed by atoms with E-state index in [1.54, 1.807) is 0 Å². The Labute approximate surface area is 89.3 Å². The molecule has 1 heterocycles. The maximum absolute atomic E-state index is 2.59. The minimum Gasteiger partial charge on any atom is -0.302 e. The van der Waals surface area contributed by atoms with Gasteiger partial charge in [-0.15, -0.1) is 0 Å². The van der Waals surface area contributed by atoms with Crippen molar-refractivity contribution < 1.29 is 0 Å². The van der Waals surface area contributed by atoms with Gasteiger partial charge in [-0.3, -0.25) is 4.90 Å². The molecular weight excluding hydrogens is 172 g/mol.